The molecule has 5 nitrogen and oxygen atoms in total. The number of hydrogen-bond acceptors (Lipinski definition) is 5. The second kappa shape index (κ2) is 7.43. The van der Waals surface area contributed by atoms with E-state index in [9.17, 15) is 18.0 Å². The fraction of sp³-hybridized carbons (Fsp3) is 0.560. The second-order valence-corrected chi connectivity index (χ2v) is 10.3. The van der Waals surface area contributed by atoms with Crippen LogP contribution in [-0.2, 0) is 10.2 Å². The van der Waals surface area contributed by atoms with Crippen LogP contribution in [0.15, 0.2) is 57.0 Å². The third kappa shape index (κ3) is 3.40. The Morgan fingerprint density at radius 3 is 2.58 bits per heavy atom. The molecule has 0 aromatic heterocycles. The Bertz CT molecular complexity index is 1100. The molecule has 4 aliphatic rings. The fourth-order valence-electron chi connectivity index (χ4n) is 6.16. The Morgan fingerprint density at radius 1 is 1.18 bits per heavy atom. The van der Waals surface area contributed by atoms with Crippen LogP contribution in [-0.4, -0.2) is 31.2 Å². The zero-order chi connectivity index (χ0) is 23.6. The number of rotatable bonds is 3. The van der Waals surface area contributed by atoms with E-state index >= 15 is 0 Å². The highest BCUT2D eigenvalue weighted by Gasteiger charge is 2.57. The van der Waals surface area contributed by atoms with Gasteiger partial charge in [0.2, 0.25) is 0 Å². The molecule has 8 heteroatoms. The summed E-state index contributed by atoms with van der Waals surface area (Å²) in [6.45, 7) is 7.74. The molecule has 0 bridgehead atoms. The lowest BCUT2D eigenvalue weighted by Crippen LogP contribution is -2.52. The number of carbonyl (C=O) groups excluding carboxylic acids is 1. The largest absolute Gasteiger partial charge is 0.435 e. The topological polar surface area (TPSA) is 57.1 Å². The number of nitrogens with one attached hydrogen (secondary N) is 1. The standard InChI is InChI=1S/C25H29F3N4O/c1-4-24(15-8-7-9-16(12-15)32-10-5-6-11-32)19-17(13-23(2,3)14-18(19)33)29-22-20(24)21(30-31-22)25(26,27)28/h7-9,12,22,29H,4-6,10-11,13-14H2,1-3H3/t22?,24-/m0/s1. The third-order valence-corrected chi connectivity index (χ3v) is 7.48. The first-order chi connectivity index (χ1) is 15.6. The maximum Gasteiger partial charge on any atom is 0.435 e. The molecular formula is C25H29F3N4O. The number of allylic oxidation sites excluding steroid dienone is 3. The van der Waals surface area contributed by atoms with Crippen molar-refractivity contribution in [2.45, 2.75) is 70.6 Å². The van der Waals surface area contributed by atoms with Gasteiger partial charge in [-0.25, -0.2) is 0 Å². The quantitative estimate of drug-likeness (QED) is 0.624. The van der Waals surface area contributed by atoms with E-state index in [1.807, 2.05) is 45.0 Å². The first kappa shape index (κ1) is 22.2. The zero-order valence-electron chi connectivity index (χ0n) is 19.2. The van der Waals surface area contributed by atoms with Gasteiger partial charge in [-0.15, -0.1) is 5.11 Å². The number of nitrogens with zero attached hydrogens (tertiary/aromatic N) is 3. The monoisotopic (exact) mass is 458 g/mol. The van der Waals surface area contributed by atoms with E-state index in [0.29, 0.717) is 36.1 Å². The summed E-state index contributed by atoms with van der Waals surface area (Å²) in [7, 11) is 0. The highest BCUT2D eigenvalue weighted by atomic mass is 19.4. The Kier molecular flexibility index (Phi) is 4.99. The minimum atomic E-state index is -4.66. The molecule has 0 spiro atoms. The van der Waals surface area contributed by atoms with E-state index in [2.05, 4.69) is 20.4 Å². The minimum absolute atomic E-state index is 0.0582. The van der Waals surface area contributed by atoms with Gasteiger partial charge in [0, 0.05) is 42.0 Å². The van der Waals surface area contributed by atoms with Gasteiger partial charge in [0.1, 0.15) is 0 Å². The average molecular weight is 459 g/mol. The van der Waals surface area contributed by atoms with Gasteiger partial charge in [0.15, 0.2) is 17.6 Å². The van der Waals surface area contributed by atoms with Crippen molar-refractivity contribution in [1.82, 2.24) is 5.32 Å². The summed E-state index contributed by atoms with van der Waals surface area (Å²) < 4.78 is 42.4. The first-order valence-electron chi connectivity index (χ1n) is 11.7. The molecule has 0 saturated carbocycles. The number of Topliss-reactive ketones (excluding diaryl/α,β-unsaturated/α-hetero) is 1. The number of alkyl halides is 3. The first-order valence-corrected chi connectivity index (χ1v) is 11.7. The summed E-state index contributed by atoms with van der Waals surface area (Å²) in [5.41, 5.74) is 0.460. The van der Waals surface area contributed by atoms with E-state index in [1.165, 1.54) is 0 Å². The van der Waals surface area contributed by atoms with Gasteiger partial charge in [-0.3, -0.25) is 4.79 Å². The second-order valence-electron chi connectivity index (χ2n) is 10.3. The number of carbonyl (C=O) groups is 1. The van der Waals surface area contributed by atoms with E-state index in [0.717, 1.165) is 31.6 Å². The van der Waals surface area contributed by atoms with Crippen molar-refractivity contribution in [3.05, 3.63) is 52.4 Å². The molecule has 5 rings (SSSR count). The van der Waals surface area contributed by atoms with E-state index in [-0.39, 0.29) is 16.8 Å². The van der Waals surface area contributed by atoms with Crippen LogP contribution in [0.3, 0.4) is 0 Å². The number of hydrogen-bond donors (Lipinski definition) is 1. The molecule has 1 saturated heterocycles. The van der Waals surface area contributed by atoms with Gasteiger partial charge in [-0.1, -0.05) is 32.9 Å². The van der Waals surface area contributed by atoms with Gasteiger partial charge in [0.05, 0.1) is 5.41 Å². The van der Waals surface area contributed by atoms with Gasteiger partial charge in [-0.05, 0) is 48.8 Å². The number of anilines is 1. The molecule has 3 aliphatic heterocycles. The summed E-state index contributed by atoms with van der Waals surface area (Å²) in [4.78, 5) is 15.9. The van der Waals surface area contributed by atoms with Crippen LogP contribution in [0.5, 0.6) is 0 Å². The predicted molar refractivity (Wildman–Crippen MR) is 120 cm³/mol. The molecule has 33 heavy (non-hydrogen) atoms. The lowest BCUT2D eigenvalue weighted by molar-refractivity contribution is -0.119. The van der Waals surface area contributed by atoms with E-state index in [4.69, 9.17) is 0 Å². The average Bonchev–Trinajstić information content (AvgIpc) is 3.41. The van der Waals surface area contributed by atoms with Crippen LogP contribution < -0.4 is 10.2 Å². The minimum Gasteiger partial charge on any atom is -0.372 e. The van der Waals surface area contributed by atoms with Crippen LogP contribution >= 0.6 is 0 Å². The Hall–Kier alpha value is -2.64. The van der Waals surface area contributed by atoms with Gasteiger partial charge in [0.25, 0.3) is 0 Å². The molecule has 0 radical (unpaired) electrons. The summed E-state index contributed by atoms with van der Waals surface area (Å²) in [5.74, 6) is -0.0958. The van der Waals surface area contributed by atoms with Crippen LogP contribution in [0, 0.1) is 5.41 Å². The molecule has 0 amide bonds. The van der Waals surface area contributed by atoms with Crippen LogP contribution in [0.1, 0.15) is 58.4 Å². The highest BCUT2D eigenvalue weighted by Crippen LogP contribution is 2.56. The molecule has 2 atom stereocenters. The van der Waals surface area contributed by atoms with Crippen molar-refractivity contribution < 1.29 is 18.0 Å². The van der Waals surface area contributed by atoms with E-state index in [1.54, 1.807) is 0 Å². The number of halogens is 3. The van der Waals surface area contributed by atoms with Crippen molar-refractivity contribution in [2.24, 2.45) is 15.6 Å². The molecular weight excluding hydrogens is 429 g/mol. The predicted octanol–water partition coefficient (Wildman–Crippen LogP) is 5.79. The van der Waals surface area contributed by atoms with Crippen molar-refractivity contribution >= 4 is 11.5 Å². The van der Waals surface area contributed by atoms with Crippen molar-refractivity contribution in [2.75, 3.05) is 18.0 Å². The summed E-state index contributed by atoms with van der Waals surface area (Å²) in [5, 5.41) is 10.8. The Balaban J connectivity index is 1.79. The summed E-state index contributed by atoms with van der Waals surface area (Å²) in [6, 6.07) is 7.74. The van der Waals surface area contributed by atoms with Gasteiger partial charge >= 0.3 is 6.18 Å². The van der Waals surface area contributed by atoms with Gasteiger partial charge in [-0.2, -0.15) is 18.3 Å². The van der Waals surface area contributed by atoms with E-state index < -0.39 is 23.5 Å². The molecule has 1 unspecified atom stereocenters. The maximum absolute atomic E-state index is 14.1. The normalized spacial score (nSPS) is 28.8. The summed E-state index contributed by atoms with van der Waals surface area (Å²) >= 11 is 0. The molecule has 1 N–H and O–H groups in total. The van der Waals surface area contributed by atoms with Gasteiger partial charge < -0.3 is 10.2 Å². The third-order valence-electron chi connectivity index (χ3n) is 7.48. The summed E-state index contributed by atoms with van der Waals surface area (Å²) in [6.07, 6.45) is -2.18. The molecule has 1 fully saturated rings. The molecule has 1 aliphatic carbocycles. The molecule has 176 valence electrons. The molecule has 3 heterocycles. The lowest BCUT2D eigenvalue weighted by atomic mass is 9.58. The number of fused-ring (bicyclic) bond motifs is 1. The highest BCUT2D eigenvalue weighted by molar-refractivity contribution is 6.01. The van der Waals surface area contributed by atoms with Crippen molar-refractivity contribution in [3.8, 4) is 0 Å². The van der Waals surface area contributed by atoms with Crippen LogP contribution in [0.4, 0.5) is 18.9 Å². The number of benzene rings is 1. The number of azo groups is 1. The van der Waals surface area contributed by atoms with Crippen LogP contribution in [0.25, 0.3) is 0 Å². The van der Waals surface area contributed by atoms with Crippen molar-refractivity contribution in [1.29, 1.82) is 0 Å². The van der Waals surface area contributed by atoms with Crippen molar-refractivity contribution in [3.63, 3.8) is 0 Å². The lowest BCUT2D eigenvalue weighted by Gasteiger charge is -2.48. The Labute approximate surface area is 191 Å². The number of ketones is 1. The fourth-order valence-corrected chi connectivity index (χ4v) is 6.16. The molecule has 1 aromatic carbocycles. The maximum atomic E-state index is 14.1. The molecule has 1 aromatic rings. The van der Waals surface area contributed by atoms with Crippen LogP contribution in [0.2, 0.25) is 0 Å². The SMILES string of the molecule is CC[C@]1(c2cccc(N3CCCC3)c2)C2=C(CC(C)(C)CC2=O)NC2N=NC(C(F)(F)F)=C21. The smallest absolute Gasteiger partial charge is 0.372 e. The Morgan fingerprint density at radius 2 is 1.91 bits per heavy atom. The zero-order valence-corrected chi connectivity index (χ0v) is 19.2.